The first kappa shape index (κ1) is 32.7. The molecule has 0 spiro atoms. The zero-order valence-electron chi connectivity index (χ0n) is 26.4. The van der Waals surface area contributed by atoms with Gasteiger partial charge in [0.2, 0.25) is 0 Å². The maximum atomic E-state index is 15.0. The van der Waals surface area contributed by atoms with Gasteiger partial charge in [-0.05, 0) is 105 Å². The Morgan fingerprint density at radius 3 is 1.92 bits per heavy atom. The van der Waals surface area contributed by atoms with Gasteiger partial charge in [-0.2, -0.15) is 0 Å². The molecule has 2 bridgehead atoms. The minimum Gasteiger partial charge on any atom is -0.511 e. The number of fused-ring (bicyclic) bond motifs is 2. The van der Waals surface area contributed by atoms with E-state index in [4.69, 9.17) is 0 Å². The molecule has 2 aliphatic carbocycles. The number of aliphatic hydroxyl groups is 1. The fraction of sp³-hybridized carbons (Fsp3) is 0.629. The Morgan fingerprint density at radius 2 is 1.44 bits per heavy atom. The second-order valence-electron chi connectivity index (χ2n) is 13.5. The SMILES string of the molecule is CC(C)=CCC[C@]1(C)[C@@H](CC=C(C)C)C[C@@]2(CC=C(C)C)C(=O)[C@@]1(C(=O)C(C)C)C(=O)C(CC=C(C)C)=C2O. The molecule has 0 aromatic rings. The minimum atomic E-state index is -1.83. The van der Waals surface area contributed by atoms with Crippen LogP contribution in [0.15, 0.2) is 57.9 Å². The summed E-state index contributed by atoms with van der Waals surface area (Å²) in [5.41, 5.74) is 0.583. The van der Waals surface area contributed by atoms with Crippen molar-refractivity contribution in [3.8, 4) is 0 Å². The molecule has 0 radical (unpaired) electrons. The first-order valence-electron chi connectivity index (χ1n) is 14.6. The molecular weight excluding hydrogens is 484 g/mol. The zero-order chi connectivity index (χ0) is 29.9. The highest BCUT2D eigenvalue weighted by molar-refractivity contribution is 6.33. The largest absolute Gasteiger partial charge is 0.511 e. The third-order valence-electron chi connectivity index (χ3n) is 8.98. The molecule has 0 amide bonds. The number of rotatable bonds is 11. The van der Waals surface area contributed by atoms with Crippen LogP contribution in [0.3, 0.4) is 0 Å². The fourth-order valence-corrected chi connectivity index (χ4v) is 6.71. The molecule has 0 unspecified atom stereocenters. The molecule has 1 N–H and O–H groups in total. The van der Waals surface area contributed by atoms with E-state index in [0.29, 0.717) is 25.7 Å². The van der Waals surface area contributed by atoms with Crippen molar-refractivity contribution in [3.05, 3.63) is 57.9 Å². The minimum absolute atomic E-state index is 0.117. The first-order chi connectivity index (χ1) is 18.0. The monoisotopic (exact) mass is 536 g/mol. The number of carbonyl (C=O) groups excluding carboxylic acids is 3. The van der Waals surface area contributed by atoms with E-state index in [0.717, 1.165) is 16.7 Å². The van der Waals surface area contributed by atoms with Gasteiger partial charge in [0.1, 0.15) is 5.76 Å². The van der Waals surface area contributed by atoms with Crippen LogP contribution in [0.4, 0.5) is 0 Å². The van der Waals surface area contributed by atoms with Crippen LogP contribution in [-0.2, 0) is 14.4 Å². The molecule has 0 heterocycles. The van der Waals surface area contributed by atoms with Gasteiger partial charge in [-0.25, -0.2) is 0 Å². The summed E-state index contributed by atoms with van der Waals surface area (Å²) in [6, 6.07) is 0. The Balaban J connectivity index is 3.09. The van der Waals surface area contributed by atoms with Crippen LogP contribution < -0.4 is 0 Å². The average molecular weight is 537 g/mol. The van der Waals surface area contributed by atoms with Crippen LogP contribution in [0.1, 0.15) is 115 Å². The lowest BCUT2D eigenvalue weighted by Gasteiger charge is -2.61. The molecule has 2 rings (SSSR count). The van der Waals surface area contributed by atoms with Gasteiger partial charge in [0.15, 0.2) is 22.8 Å². The molecule has 1 saturated carbocycles. The Morgan fingerprint density at radius 1 is 0.897 bits per heavy atom. The normalized spacial score (nSPS) is 28.3. The first-order valence-corrected chi connectivity index (χ1v) is 14.6. The predicted molar refractivity (Wildman–Crippen MR) is 161 cm³/mol. The van der Waals surface area contributed by atoms with Crippen LogP contribution in [0.2, 0.25) is 0 Å². The van der Waals surface area contributed by atoms with E-state index in [-0.39, 0.29) is 41.7 Å². The average Bonchev–Trinajstić information content (AvgIpc) is 2.81. The Kier molecular flexibility index (Phi) is 10.4. The van der Waals surface area contributed by atoms with E-state index in [1.54, 1.807) is 13.8 Å². The van der Waals surface area contributed by atoms with Crippen molar-refractivity contribution in [2.75, 3.05) is 0 Å². The van der Waals surface area contributed by atoms with Crippen LogP contribution in [-0.4, -0.2) is 22.5 Å². The van der Waals surface area contributed by atoms with Crippen LogP contribution in [0.25, 0.3) is 0 Å². The van der Waals surface area contributed by atoms with Gasteiger partial charge in [0.05, 0.1) is 5.41 Å². The van der Waals surface area contributed by atoms with E-state index in [2.05, 4.69) is 12.2 Å². The van der Waals surface area contributed by atoms with Crippen molar-refractivity contribution < 1.29 is 19.5 Å². The number of ketones is 3. The maximum absolute atomic E-state index is 15.0. The zero-order valence-corrected chi connectivity index (χ0v) is 26.4. The van der Waals surface area contributed by atoms with Gasteiger partial charge in [-0.15, -0.1) is 0 Å². The summed E-state index contributed by atoms with van der Waals surface area (Å²) in [5, 5.41) is 11.9. The molecule has 216 valence electrons. The number of carbonyl (C=O) groups is 3. The van der Waals surface area contributed by atoms with Gasteiger partial charge < -0.3 is 5.11 Å². The number of Topliss-reactive ketones (excluding diaryl/α,β-unsaturated/α-hetero) is 3. The highest BCUT2D eigenvalue weighted by Gasteiger charge is 2.75. The third-order valence-corrected chi connectivity index (χ3v) is 8.98. The molecule has 2 aliphatic rings. The maximum Gasteiger partial charge on any atom is 0.184 e. The van der Waals surface area contributed by atoms with Crippen molar-refractivity contribution >= 4 is 17.3 Å². The van der Waals surface area contributed by atoms with Crippen LogP contribution >= 0.6 is 0 Å². The Labute approximate surface area is 237 Å². The van der Waals surface area contributed by atoms with Crippen molar-refractivity contribution in [2.24, 2.45) is 28.1 Å². The molecule has 0 saturated heterocycles. The molecular formula is C35H52O4. The lowest BCUT2D eigenvalue weighted by molar-refractivity contribution is -0.180. The lowest BCUT2D eigenvalue weighted by Crippen LogP contribution is -2.71. The summed E-state index contributed by atoms with van der Waals surface area (Å²) in [4.78, 5) is 44.3. The van der Waals surface area contributed by atoms with Crippen LogP contribution in [0, 0.1) is 28.1 Å². The van der Waals surface area contributed by atoms with Gasteiger partial charge in [0.25, 0.3) is 0 Å². The Hall–Kier alpha value is -2.49. The van der Waals surface area contributed by atoms with Crippen molar-refractivity contribution in [2.45, 2.75) is 115 Å². The van der Waals surface area contributed by atoms with Gasteiger partial charge in [-0.3, -0.25) is 14.4 Å². The molecule has 0 aliphatic heterocycles. The predicted octanol–water partition coefficient (Wildman–Crippen LogP) is 8.99. The molecule has 0 aromatic carbocycles. The second-order valence-corrected chi connectivity index (χ2v) is 13.5. The smallest absolute Gasteiger partial charge is 0.184 e. The summed E-state index contributed by atoms with van der Waals surface area (Å²) in [6.07, 6.45) is 11.0. The number of hydrogen-bond donors (Lipinski definition) is 1. The van der Waals surface area contributed by atoms with Gasteiger partial charge >= 0.3 is 0 Å². The summed E-state index contributed by atoms with van der Waals surface area (Å²) in [5.74, 6) is -1.93. The molecule has 4 atom stereocenters. The van der Waals surface area contributed by atoms with E-state index >= 15 is 0 Å². The highest BCUT2D eigenvalue weighted by Crippen LogP contribution is 2.67. The third kappa shape index (κ3) is 5.86. The van der Waals surface area contributed by atoms with E-state index < -0.39 is 27.9 Å². The number of hydrogen-bond acceptors (Lipinski definition) is 4. The second kappa shape index (κ2) is 12.4. The standard InChI is InChI=1S/C35H52O4/c1-22(2)13-12-19-33(11)27(16-14-23(3)4)21-34(20-18-25(7)8)30(37)28(17-15-24(5)6)31(38)35(33,32(34)39)29(36)26(9)10/h13-15,18,26-27,37H,12,16-17,19-21H2,1-11H3/t27-,33+,34+,35+/m0/s1. The molecule has 4 nitrogen and oxygen atoms in total. The molecule has 4 heteroatoms. The summed E-state index contributed by atoms with van der Waals surface area (Å²) in [7, 11) is 0. The molecule has 0 aromatic heterocycles. The van der Waals surface area contributed by atoms with Crippen molar-refractivity contribution in [1.29, 1.82) is 0 Å². The Bertz CT molecular complexity index is 1140. The molecule has 1 fully saturated rings. The number of aliphatic hydroxyl groups excluding tert-OH is 1. The van der Waals surface area contributed by atoms with E-state index in [9.17, 15) is 19.5 Å². The van der Waals surface area contributed by atoms with E-state index in [1.807, 2.05) is 74.5 Å². The highest BCUT2D eigenvalue weighted by atomic mass is 16.3. The van der Waals surface area contributed by atoms with Gasteiger partial charge in [0, 0.05) is 11.5 Å². The van der Waals surface area contributed by atoms with E-state index in [1.165, 1.54) is 5.57 Å². The van der Waals surface area contributed by atoms with Crippen molar-refractivity contribution in [3.63, 3.8) is 0 Å². The fourth-order valence-electron chi connectivity index (χ4n) is 6.71. The lowest BCUT2D eigenvalue weighted by atomic mass is 9.38. The summed E-state index contributed by atoms with van der Waals surface area (Å²) >= 11 is 0. The quantitative estimate of drug-likeness (QED) is 0.211. The van der Waals surface area contributed by atoms with Gasteiger partial charge in [-0.1, -0.05) is 67.4 Å². The number of allylic oxidation sites excluding steroid dienone is 10. The molecule has 39 heavy (non-hydrogen) atoms. The van der Waals surface area contributed by atoms with Crippen LogP contribution in [0.5, 0.6) is 0 Å². The van der Waals surface area contributed by atoms with Crippen molar-refractivity contribution in [1.82, 2.24) is 0 Å². The summed E-state index contributed by atoms with van der Waals surface area (Å²) in [6.45, 7) is 21.6. The topological polar surface area (TPSA) is 71.4 Å². The summed E-state index contributed by atoms with van der Waals surface area (Å²) < 4.78 is 0.